The molecule has 0 atom stereocenters. The SMILES string of the molecule is COc1cc(C(C)=O)c(F)c2c1CCCC2. The van der Waals surface area contributed by atoms with Gasteiger partial charge in [0.2, 0.25) is 0 Å². The van der Waals surface area contributed by atoms with Crippen LogP contribution >= 0.6 is 0 Å². The first kappa shape index (κ1) is 11.1. The molecule has 0 spiro atoms. The Bertz CT molecular complexity index is 438. The molecule has 0 bridgehead atoms. The highest BCUT2D eigenvalue weighted by Gasteiger charge is 2.22. The van der Waals surface area contributed by atoms with Gasteiger partial charge in [-0.15, -0.1) is 0 Å². The van der Waals surface area contributed by atoms with Crippen LogP contribution in [0.2, 0.25) is 0 Å². The fourth-order valence-electron chi connectivity index (χ4n) is 2.30. The lowest BCUT2D eigenvalue weighted by molar-refractivity contribution is 0.101. The van der Waals surface area contributed by atoms with Gasteiger partial charge in [-0.25, -0.2) is 4.39 Å². The molecule has 2 nitrogen and oxygen atoms in total. The molecule has 0 unspecified atom stereocenters. The normalized spacial score (nSPS) is 14.4. The van der Waals surface area contributed by atoms with Gasteiger partial charge in [-0.1, -0.05) is 0 Å². The smallest absolute Gasteiger partial charge is 0.162 e. The molecule has 1 aromatic carbocycles. The van der Waals surface area contributed by atoms with Crippen LogP contribution in [0.5, 0.6) is 5.75 Å². The molecule has 1 aromatic rings. The van der Waals surface area contributed by atoms with Gasteiger partial charge in [0.05, 0.1) is 12.7 Å². The zero-order valence-corrected chi connectivity index (χ0v) is 9.60. The van der Waals surface area contributed by atoms with Gasteiger partial charge >= 0.3 is 0 Å². The van der Waals surface area contributed by atoms with Gasteiger partial charge in [0.1, 0.15) is 11.6 Å². The van der Waals surface area contributed by atoms with Crippen molar-refractivity contribution in [2.45, 2.75) is 32.6 Å². The van der Waals surface area contributed by atoms with Crippen molar-refractivity contribution >= 4 is 5.78 Å². The largest absolute Gasteiger partial charge is 0.496 e. The molecule has 1 aliphatic carbocycles. The van der Waals surface area contributed by atoms with E-state index in [9.17, 15) is 9.18 Å². The molecule has 1 aliphatic rings. The second kappa shape index (κ2) is 4.24. The molecular weight excluding hydrogens is 207 g/mol. The molecule has 0 saturated heterocycles. The summed E-state index contributed by atoms with van der Waals surface area (Å²) in [4.78, 5) is 11.3. The average Bonchev–Trinajstić information content (AvgIpc) is 2.29. The van der Waals surface area contributed by atoms with Gasteiger partial charge in [0.15, 0.2) is 5.78 Å². The first-order valence-electron chi connectivity index (χ1n) is 5.54. The quantitative estimate of drug-likeness (QED) is 0.719. The van der Waals surface area contributed by atoms with Crippen LogP contribution in [0.25, 0.3) is 0 Å². The summed E-state index contributed by atoms with van der Waals surface area (Å²) in [5, 5.41) is 0. The van der Waals surface area contributed by atoms with Crippen LogP contribution in [0.4, 0.5) is 4.39 Å². The van der Waals surface area contributed by atoms with E-state index >= 15 is 0 Å². The van der Waals surface area contributed by atoms with Crippen LogP contribution in [-0.2, 0) is 12.8 Å². The second-order valence-corrected chi connectivity index (χ2v) is 4.16. The van der Waals surface area contributed by atoms with Crippen molar-refractivity contribution in [1.82, 2.24) is 0 Å². The molecule has 0 aliphatic heterocycles. The van der Waals surface area contributed by atoms with Gasteiger partial charge in [0, 0.05) is 5.56 Å². The Labute approximate surface area is 94.4 Å². The minimum Gasteiger partial charge on any atom is -0.496 e. The molecule has 0 N–H and O–H groups in total. The van der Waals surface area contributed by atoms with E-state index in [1.54, 1.807) is 7.11 Å². The first-order valence-corrected chi connectivity index (χ1v) is 5.54. The summed E-state index contributed by atoms with van der Waals surface area (Å²) < 4.78 is 19.3. The standard InChI is InChI=1S/C13H15FO2/c1-8(15)11-7-12(16-2)9-5-3-4-6-10(9)13(11)14/h7H,3-6H2,1-2H3. The number of fused-ring (bicyclic) bond motifs is 1. The summed E-state index contributed by atoms with van der Waals surface area (Å²) in [5.74, 6) is 0.0634. The lowest BCUT2D eigenvalue weighted by Crippen LogP contribution is -2.11. The molecule has 0 saturated carbocycles. The zero-order valence-electron chi connectivity index (χ0n) is 9.60. The Balaban J connectivity index is 2.64. The second-order valence-electron chi connectivity index (χ2n) is 4.16. The van der Waals surface area contributed by atoms with Gasteiger partial charge in [-0.2, -0.15) is 0 Å². The number of Topliss-reactive ketones (excluding diaryl/α,β-unsaturated/α-hetero) is 1. The number of hydrogen-bond acceptors (Lipinski definition) is 2. The van der Waals surface area contributed by atoms with Crippen molar-refractivity contribution in [3.63, 3.8) is 0 Å². The molecule has 0 fully saturated rings. The Morgan fingerprint density at radius 1 is 1.31 bits per heavy atom. The van der Waals surface area contributed by atoms with E-state index < -0.39 is 0 Å². The third kappa shape index (κ3) is 1.70. The van der Waals surface area contributed by atoms with E-state index in [2.05, 4.69) is 0 Å². The van der Waals surface area contributed by atoms with Gasteiger partial charge in [-0.05, 0) is 44.2 Å². The number of halogens is 1. The first-order chi connectivity index (χ1) is 7.65. The van der Waals surface area contributed by atoms with Crippen molar-refractivity contribution in [3.8, 4) is 5.75 Å². The molecule has 16 heavy (non-hydrogen) atoms. The van der Waals surface area contributed by atoms with Crippen LogP contribution in [0.15, 0.2) is 6.07 Å². The molecule has 0 aromatic heterocycles. The Hall–Kier alpha value is -1.38. The summed E-state index contributed by atoms with van der Waals surface area (Å²) in [6, 6.07) is 1.53. The number of rotatable bonds is 2. The highest BCUT2D eigenvalue weighted by atomic mass is 19.1. The minimum atomic E-state index is -0.344. The van der Waals surface area contributed by atoms with Gasteiger partial charge in [0.25, 0.3) is 0 Å². The minimum absolute atomic E-state index is 0.150. The van der Waals surface area contributed by atoms with Crippen molar-refractivity contribution in [1.29, 1.82) is 0 Å². The molecule has 0 heterocycles. The third-order valence-electron chi connectivity index (χ3n) is 3.14. The molecule has 3 heteroatoms. The summed E-state index contributed by atoms with van der Waals surface area (Å²) in [6.07, 6.45) is 3.59. The van der Waals surface area contributed by atoms with E-state index in [1.807, 2.05) is 0 Å². The molecule has 86 valence electrons. The zero-order chi connectivity index (χ0) is 11.7. The molecule has 2 rings (SSSR count). The summed E-state index contributed by atoms with van der Waals surface area (Å²) in [5.41, 5.74) is 1.77. The number of carbonyl (C=O) groups is 1. The van der Waals surface area contributed by atoms with Gasteiger partial charge in [-0.3, -0.25) is 4.79 Å². The lowest BCUT2D eigenvalue weighted by atomic mass is 9.88. The topological polar surface area (TPSA) is 26.3 Å². The lowest BCUT2D eigenvalue weighted by Gasteiger charge is -2.20. The summed E-state index contributed by atoms with van der Waals surface area (Å²) in [6.45, 7) is 1.38. The summed E-state index contributed by atoms with van der Waals surface area (Å²) in [7, 11) is 1.56. The van der Waals surface area contributed by atoms with E-state index in [0.717, 1.165) is 24.8 Å². The maximum atomic E-state index is 14.0. The number of hydrogen-bond donors (Lipinski definition) is 0. The molecule has 0 radical (unpaired) electrons. The van der Waals surface area contributed by atoms with Crippen LogP contribution in [-0.4, -0.2) is 12.9 Å². The summed E-state index contributed by atoms with van der Waals surface area (Å²) >= 11 is 0. The van der Waals surface area contributed by atoms with Crippen LogP contribution < -0.4 is 4.74 Å². The van der Waals surface area contributed by atoms with E-state index in [0.29, 0.717) is 17.7 Å². The number of benzene rings is 1. The highest BCUT2D eigenvalue weighted by molar-refractivity contribution is 5.95. The van der Waals surface area contributed by atoms with E-state index in [4.69, 9.17) is 4.74 Å². The maximum Gasteiger partial charge on any atom is 0.162 e. The Morgan fingerprint density at radius 3 is 2.50 bits per heavy atom. The fraction of sp³-hybridized carbons (Fsp3) is 0.462. The number of ketones is 1. The maximum absolute atomic E-state index is 14.0. The Morgan fingerprint density at radius 2 is 1.94 bits per heavy atom. The number of ether oxygens (including phenoxy) is 1. The van der Waals surface area contributed by atoms with E-state index in [-0.39, 0.29) is 17.2 Å². The molecule has 0 amide bonds. The van der Waals surface area contributed by atoms with Gasteiger partial charge < -0.3 is 4.74 Å². The van der Waals surface area contributed by atoms with Crippen molar-refractivity contribution in [3.05, 3.63) is 28.6 Å². The van der Waals surface area contributed by atoms with E-state index in [1.165, 1.54) is 13.0 Å². The van der Waals surface area contributed by atoms with Crippen molar-refractivity contribution in [2.24, 2.45) is 0 Å². The fourth-order valence-corrected chi connectivity index (χ4v) is 2.30. The Kier molecular flexibility index (Phi) is 2.95. The van der Waals surface area contributed by atoms with Crippen molar-refractivity contribution in [2.75, 3.05) is 7.11 Å². The highest BCUT2D eigenvalue weighted by Crippen LogP contribution is 2.33. The van der Waals surface area contributed by atoms with Crippen LogP contribution in [0, 0.1) is 5.82 Å². The monoisotopic (exact) mass is 222 g/mol. The predicted octanol–water partition coefficient (Wildman–Crippen LogP) is 2.92. The van der Waals surface area contributed by atoms with Crippen molar-refractivity contribution < 1.29 is 13.9 Å². The third-order valence-corrected chi connectivity index (χ3v) is 3.14. The van der Waals surface area contributed by atoms with Crippen LogP contribution in [0.3, 0.4) is 0 Å². The number of carbonyl (C=O) groups excluding carboxylic acids is 1. The molecular formula is C13H15FO2. The van der Waals surface area contributed by atoms with Crippen LogP contribution in [0.1, 0.15) is 41.3 Å². The predicted molar refractivity (Wildman–Crippen MR) is 59.6 cm³/mol. The number of methoxy groups -OCH3 is 1. The average molecular weight is 222 g/mol.